The first-order chi connectivity index (χ1) is 12.6. The van der Waals surface area contributed by atoms with E-state index >= 15 is 0 Å². The van der Waals surface area contributed by atoms with Gasteiger partial charge in [0.05, 0.1) is 24.9 Å². The van der Waals surface area contributed by atoms with Gasteiger partial charge in [-0.1, -0.05) is 29.8 Å². The van der Waals surface area contributed by atoms with Crippen LogP contribution >= 0.6 is 11.6 Å². The average Bonchev–Trinajstić information content (AvgIpc) is 2.66. The van der Waals surface area contributed by atoms with Crippen LogP contribution in [0.2, 0.25) is 5.02 Å². The number of anilines is 2. The first kappa shape index (κ1) is 18.2. The molecular weight excluding hydrogens is 354 g/mol. The van der Waals surface area contributed by atoms with Crippen molar-refractivity contribution in [1.29, 1.82) is 0 Å². The second-order valence-electron chi connectivity index (χ2n) is 6.06. The lowest BCUT2D eigenvalue weighted by molar-refractivity contribution is 0.251. The minimum absolute atomic E-state index is 0.192. The second kappa shape index (κ2) is 8.19. The Morgan fingerprint density at radius 3 is 2.77 bits per heavy atom. The summed E-state index contributed by atoms with van der Waals surface area (Å²) in [5, 5.41) is 9.51. The van der Waals surface area contributed by atoms with E-state index in [9.17, 15) is 4.79 Å². The SMILES string of the molecule is COc1cc(OC)c(NC(=O)NCC2CCc3ccccc3N2)cc1Cl. The van der Waals surface area contributed by atoms with Gasteiger partial charge in [0.25, 0.3) is 0 Å². The van der Waals surface area contributed by atoms with Gasteiger partial charge in [0.2, 0.25) is 0 Å². The molecule has 1 atom stereocenters. The van der Waals surface area contributed by atoms with Gasteiger partial charge in [0, 0.05) is 24.3 Å². The topological polar surface area (TPSA) is 71.6 Å². The van der Waals surface area contributed by atoms with Gasteiger partial charge >= 0.3 is 6.03 Å². The van der Waals surface area contributed by atoms with Crippen molar-refractivity contribution in [3.05, 3.63) is 47.0 Å². The molecule has 1 aliphatic heterocycles. The number of hydrogen-bond donors (Lipinski definition) is 3. The number of aryl methyl sites for hydroxylation is 1. The molecule has 0 radical (unpaired) electrons. The Balaban J connectivity index is 1.57. The Morgan fingerprint density at radius 1 is 1.23 bits per heavy atom. The average molecular weight is 376 g/mol. The van der Waals surface area contributed by atoms with Crippen LogP contribution in [0, 0.1) is 0 Å². The summed E-state index contributed by atoms with van der Waals surface area (Å²) < 4.78 is 10.4. The third-order valence-electron chi connectivity index (χ3n) is 4.37. The van der Waals surface area contributed by atoms with Crippen LogP contribution in [0.5, 0.6) is 11.5 Å². The lowest BCUT2D eigenvalue weighted by Crippen LogP contribution is -2.40. The van der Waals surface area contributed by atoms with Crippen LogP contribution in [-0.2, 0) is 6.42 Å². The molecular formula is C19H22ClN3O3. The van der Waals surface area contributed by atoms with Crippen LogP contribution < -0.4 is 25.4 Å². The number of hydrogen-bond acceptors (Lipinski definition) is 4. The Labute approximate surface area is 157 Å². The van der Waals surface area contributed by atoms with Crippen molar-refractivity contribution in [3.63, 3.8) is 0 Å². The Morgan fingerprint density at radius 2 is 2.00 bits per heavy atom. The van der Waals surface area contributed by atoms with Gasteiger partial charge in [-0.2, -0.15) is 0 Å². The summed E-state index contributed by atoms with van der Waals surface area (Å²) in [7, 11) is 3.05. The number of amides is 2. The fourth-order valence-electron chi connectivity index (χ4n) is 2.99. The molecule has 2 aromatic carbocycles. The van der Waals surface area contributed by atoms with Crippen LogP contribution in [0.4, 0.5) is 16.2 Å². The first-order valence-corrected chi connectivity index (χ1v) is 8.79. The first-order valence-electron chi connectivity index (χ1n) is 8.41. The molecule has 0 saturated carbocycles. The minimum Gasteiger partial charge on any atom is -0.495 e. The highest BCUT2D eigenvalue weighted by Crippen LogP contribution is 2.35. The van der Waals surface area contributed by atoms with Gasteiger partial charge in [-0.25, -0.2) is 4.79 Å². The fourth-order valence-corrected chi connectivity index (χ4v) is 3.23. The number of carbonyl (C=O) groups is 1. The second-order valence-corrected chi connectivity index (χ2v) is 6.47. The molecule has 0 bridgehead atoms. The number of ether oxygens (including phenoxy) is 2. The van der Waals surface area contributed by atoms with Crippen molar-refractivity contribution < 1.29 is 14.3 Å². The molecule has 0 aromatic heterocycles. The molecule has 0 saturated heterocycles. The molecule has 2 amide bonds. The Bertz CT molecular complexity index is 798. The van der Waals surface area contributed by atoms with Crippen molar-refractivity contribution >= 4 is 29.0 Å². The number of methoxy groups -OCH3 is 2. The van der Waals surface area contributed by atoms with E-state index in [1.165, 1.54) is 19.8 Å². The molecule has 26 heavy (non-hydrogen) atoms. The van der Waals surface area contributed by atoms with E-state index in [0.29, 0.717) is 28.8 Å². The maximum atomic E-state index is 12.3. The summed E-state index contributed by atoms with van der Waals surface area (Å²) in [5.74, 6) is 0.964. The number of carbonyl (C=O) groups excluding carboxylic acids is 1. The van der Waals surface area contributed by atoms with Crippen LogP contribution in [0.25, 0.3) is 0 Å². The quantitative estimate of drug-likeness (QED) is 0.741. The molecule has 138 valence electrons. The summed E-state index contributed by atoms with van der Waals surface area (Å²) in [5.41, 5.74) is 2.93. The van der Waals surface area contributed by atoms with Crippen molar-refractivity contribution in [3.8, 4) is 11.5 Å². The molecule has 3 N–H and O–H groups in total. The number of para-hydroxylation sites is 1. The van der Waals surface area contributed by atoms with Crippen molar-refractivity contribution in [1.82, 2.24) is 5.32 Å². The maximum absolute atomic E-state index is 12.3. The van der Waals surface area contributed by atoms with Crippen LogP contribution in [0.3, 0.4) is 0 Å². The van der Waals surface area contributed by atoms with E-state index in [0.717, 1.165) is 18.5 Å². The number of urea groups is 1. The summed E-state index contributed by atoms with van der Waals surface area (Å²) >= 11 is 6.13. The molecule has 2 aromatic rings. The third-order valence-corrected chi connectivity index (χ3v) is 4.67. The molecule has 1 aliphatic rings. The zero-order valence-corrected chi connectivity index (χ0v) is 15.5. The third kappa shape index (κ3) is 4.14. The monoisotopic (exact) mass is 375 g/mol. The van der Waals surface area contributed by atoms with Gasteiger partial charge in [-0.3, -0.25) is 0 Å². The smallest absolute Gasteiger partial charge is 0.319 e. The maximum Gasteiger partial charge on any atom is 0.319 e. The van der Waals surface area contributed by atoms with E-state index in [2.05, 4.69) is 28.1 Å². The van der Waals surface area contributed by atoms with Crippen molar-refractivity contribution in [2.24, 2.45) is 0 Å². The van der Waals surface area contributed by atoms with E-state index in [4.69, 9.17) is 21.1 Å². The molecule has 1 unspecified atom stereocenters. The molecule has 0 aliphatic carbocycles. The van der Waals surface area contributed by atoms with Gasteiger partial charge in [-0.15, -0.1) is 0 Å². The Kier molecular flexibility index (Phi) is 5.73. The van der Waals surface area contributed by atoms with E-state index in [1.54, 1.807) is 12.1 Å². The van der Waals surface area contributed by atoms with Gasteiger partial charge in [-0.05, 0) is 30.5 Å². The zero-order chi connectivity index (χ0) is 18.5. The summed E-state index contributed by atoms with van der Waals surface area (Å²) in [6.45, 7) is 0.520. The number of rotatable bonds is 5. The highest BCUT2D eigenvalue weighted by molar-refractivity contribution is 6.32. The highest BCUT2D eigenvalue weighted by Gasteiger charge is 2.18. The van der Waals surface area contributed by atoms with Crippen LogP contribution in [0.1, 0.15) is 12.0 Å². The predicted octanol–water partition coefficient (Wildman–Crippen LogP) is 3.91. The Hall–Kier alpha value is -2.60. The lowest BCUT2D eigenvalue weighted by atomic mass is 9.98. The number of halogens is 1. The fraction of sp³-hybridized carbons (Fsp3) is 0.316. The minimum atomic E-state index is -0.315. The lowest BCUT2D eigenvalue weighted by Gasteiger charge is -2.27. The van der Waals surface area contributed by atoms with E-state index in [-0.39, 0.29) is 12.1 Å². The summed E-state index contributed by atoms with van der Waals surface area (Å²) in [6.07, 6.45) is 1.97. The summed E-state index contributed by atoms with van der Waals surface area (Å²) in [6, 6.07) is 11.4. The molecule has 7 heteroatoms. The molecule has 0 spiro atoms. The van der Waals surface area contributed by atoms with Gasteiger partial charge in [0.1, 0.15) is 11.5 Å². The van der Waals surface area contributed by atoms with E-state index < -0.39 is 0 Å². The zero-order valence-electron chi connectivity index (χ0n) is 14.8. The molecule has 1 heterocycles. The largest absolute Gasteiger partial charge is 0.495 e. The van der Waals surface area contributed by atoms with Gasteiger partial charge < -0.3 is 25.4 Å². The van der Waals surface area contributed by atoms with E-state index in [1.807, 2.05) is 12.1 Å². The molecule has 6 nitrogen and oxygen atoms in total. The number of fused-ring (bicyclic) bond motifs is 1. The summed E-state index contributed by atoms with van der Waals surface area (Å²) in [4.78, 5) is 12.3. The van der Waals surface area contributed by atoms with Crippen molar-refractivity contribution in [2.75, 3.05) is 31.4 Å². The van der Waals surface area contributed by atoms with Crippen molar-refractivity contribution in [2.45, 2.75) is 18.9 Å². The molecule has 3 rings (SSSR count). The highest BCUT2D eigenvalue weighted by atomic mass is 35.5. The van der Waals surface area contributed by atoms with Crippen LogP contribution in [-0.4, -0.2) is 32.8 Å². The number of benzene rings is 2. The van der Waals surface area contributed by atoms with Crippen LogP contribution in [0.15, 0.2) is 36.4 Å². The predicted molar refractivity (Wildman–Crippen MR) is 104 cm³/mol. The number of nitrogens with one attached hydrogen (secondary N) is 3. The van der Waals surface area contributed by atoms with Gasteiger partial charge in [0.15, 0.2) is 0 Å². The normalized spacial score (nSPS) is 15.4. The molecule has 0 fully saturated rings. The standard InChI is InChI=1S/C19H22ClN3O3/c1-25-17-10-18(26-2)16(9-14(17)20)23-19(24)21-11-13-8-7-12-5-3-4-6-15(12)22-13/h3-6,9-10,13,22H,7-8,11H2,1-2H3,(H2,21,23,24).